The molecule has 4 heteroatoms. The van der Waals surface area contributed by atoms with Crippen LogP contribution in [0.1, 0.15) is 86.5 Å². The molecule has 4 nitrogen and oxygen atoms in total. The maximum Gasteiger partial charge on any atom is 0.335 e. The fourth-order valence-corrected chi connectivity index (χ4v) is 8.26. The van der Waals surface area contributed by atoms with Crippen LogP contribution in [0.3, 0.4) is 0 Å². The lowest BCUT2D eigenvalue weighted by Gasteiger charge is -2.58. The van der Waals surface area contributed by atoms with E-state index in [-0.39, 0.29) is 28.8 Å². The Kier molecular flexibility index (Phi) is 5.67. The lowest BCUT2D eigenvalue weighted by atomic mass is 9.47. The molecular weight excluding hydrogens is 386 g/mol. The lowest BCUT2D eigenvalue weighted by Crippen LogP contribution is -2.53. The zero-order valence-corrected chi connectivity index (χ0v) is 20.3. The van der Waals surface area contributed by atoms with Gasteiger partial charge in [-0.05, 0) is 107 Å². The van der Waals surface area contributed by atoms with E-state index in [4.69, 9.17) is 0 Å². The van der Waals surface area contributed by atoms with E-state index in [9.17, 15) is 14.7 Å². The Balaban J connectivity index is 1.59. The third kappa shape index (κ3) is 3.40. The molecule has 4 rings (SSSR count). The molecule has 3 saturated carbocycles. The SMILES string of the molecule is CC(C)N(C(=O)[C@H]1CC[C@H]2[C@@H]3CCC4=CC(C(=O)O)=CC[C@]4(C)[C@H]3CC[C@]12C)C(C)C. The van der Waals surface area contributed by atoms with E-state index in [0.29, 0.717) is 29.2 Å². The Hall–Kier alpha value is -1.58. The maximum absolute atomic E-state index is 13.7. The van der Waals surface area contributed by atoms with Gasteiger partial charge in [0.05, 0.1) is 5.57 Å². The molecular formula is C27H41NO3. The number of carbonyl (C=O) groups is 2. The molecule has 4 aliphatic rings. The molecule has 0 aromatic heterocycles. The third-order valence-corrected chi connectivity index (χ3v) is 9.72. The normalized spacial score (nSPS) is 39.4. The molecule has 0 saturated heterocycles. The summed E-state index contributed by atoms with van der Waals surface area (Å²) in [7, 11) is 0. The van der Waals surface area contributed by atoms with Crippen molar-refractivity contribution in [3.63, 3.8) is 0 Å². The smallest absolute Gasteiger partial charge is 0.335 e. The monoisotopic (exact) mass is 427 g/mol. The lowest BCUT2D eigenvalue weighted by molar-refractivity contribution is -0.146. The van der Waals surface area contributed by atoms with E-state index in [1.807, 2.05) is 12.2 Å². The summed E-state index contributed by atoms with van der Waals surface area (Å²) in [6.45, 7) is 13.4. The zero-order chi connectivity index (χ0) is 22.7. The van der Waals surface area contributed by atoms with Crippen LogP contribution >= 0.6 is 0 Å². The summed E-state index contributed by atoms with van der Waals surface area (Å²) in [5, 5.41) is 9.46. The van der Waals surface area contributed by atoms with Crippen LogP contribution in [0, 0.1) is 34.5 Å². The summed E-state index contributed by atoms with van der Waals surface area (Å²) in [4.78, 5) is 27.3. The summed E-state index contributed by atoms with van der Waals surface area (Å²) >= 11 is 0. The number of nitrogens with zero attached hydrogens (tertiary/aromatic N) is 1. The van der Waals surface area contributed by atoms with Crippen LogP contribution < -0.4 is 0 Å². The highest BCUT2D eigenvalue weighted by Crippen LogP contribution is 2.66. The number of carboxylic acids is 1. The Morgan fingerprint density at radius 2 is 1.71 bits per heavy atom. The van der Waals surface area contributed by atoms with Crippen LogP contribution in [0.5, 0.6) is 0 Å². The van der Waals surface area contributed by atoms with Gasteiger partial charge in [0.15, 0.2) is 0 Å². The van der Waals surface area contributed by atoms with E-state index < -0.39 is 5.97 Å². The molecule has 6 atom stereocenters. The van der Waals surface area contributed by atoms with Gasteiger partial charge in [-0.2, -0.15) is 0 Å². The van der Waals surface area contributed by atoms with Crippen molar-refractivity contribution in [2.24, 2.45) is 34.5 Å². The van der Waals surface area contributed by atoms with Crippen molar-refractivity contribution >= 4 is 11.9 Å². The molecule has 1 N–H and O–H groups in total. The quantitative estimate of drug-likeness (QED) is 0.614. The summed E-state index contributed by atoms with van der Waals surface area (Å²) in [5.41, 5.74) is 2.02. The predicted molar refractivity (Wildman–Crippen MR) is 123 cm³/mol. The molecule has 0 bridgehead atoms. The van der Waals surface area contributed by atoms with Gasteiger partial charge in [-0.25, -0.2) is 4.79 Å². The third-order valence-electron chi connectivity index (χ3n) is 9.72. The van der Waals surface area contributed by atoms with Crippen LogP contribution in [0.25, 0.3) is 0 Å². The first-order chi connectivity index (χ1) is 14.5. The van der Waals surface area contributed by atoms with Crippen LogP contribution in [0.2, 0.25) is 0 Å². The van der Waals surface area contributed by atoms with Crippen molar-refractivity contribution in [2.75, 3.05) is 0 Å². The second-order valence-electron chi connectivity index (χ2n) is 11.8. The summed E-state index contributed by atoms with van der Waals surface area (Å²) < 4.78 is 0. The molecule has 0 aliphatic heterocycles. The molecule has 0 spiro atoms. The van der Waals surface area contributed by atoms with Gasteiger partial charge in [0.1, 0.15) is 0 Å². The van der Waals surface area contributed by atoms with Crippen molar-refractivity contribution < 1.29 is 14.7 Å². The Bertz CT molecular complexity index is 816. The molecule has 0 heterocycles. The molecule has 0 unspecified atom stereocenters. The summed E-state index contributed by atoms with van der Waals surface area (Å²) in [5.74, 6) is 1.61. The average Bonchev–Trinajstić information content (AvgIpc) is 3.03. The minimum absolute atomic E-state index is 0.0905. The topological polar surface area (TPSA) is 57.6 Å². The number of allylic oxidation sites excluding steroid dienone is 2. The van der Waals surface area contributed by atoms with E-state index in [1.54, 1.807) is 0 Å². The largest absolute Gasteiger partial charge is 0.478 e. The van der Waals surface area contributed by atoms with E-state index in [0.717, 1.165) is 38.5 Å². The van der Waals surface area contributed by atoms with Gasteiger partial charge in [-0.15, -0.1) is 0 Å². The van der Waals surface area contributed by atoms with Gasteiger partial charge >= 0.3 is 5.97 Å². The van der Waals surface area contributed by atoms with Gasteiger partial charge in [0.2, 0.25) is 5.91 Å². The number of carbonyl (C=O) groups excluding carboxylic acids is 1. The van der Waals surface area contributed by atoms with Crippen molar-refractivity contribution in [1.82, 2.24) is 4.90 Å². The van der Waals surface area contributed by atoms with E-state index in [2.05, 4.69) is 46.4 Å². The Labute approximate surface area is 188 Å². The molecule has 172 valence electrons. The molecule has 0 aromatic carbocycles. The highest BCUT2D eigenvalue weighted by atomic mass is 16.4. The van der Waals surface area contributed by atoms with Crippen molar-refractivity contribution in [3.8, 4) is 0 Å². The fraction of sp³-hybridized carbons (Fsp3) is 0.778. The first-order valence-electron chi connectivity index (χ1n) is 12.5. The minimum Gasteiger partial charge on any atom is -0.478 e. The highest BCUT2D eigenvalue weighted by molar-refractivity contribution is 5.90. The van der Waals surface area contributed by atoms with Crippen LogP contribution in [0.4, 0.5) is 0 Å². The summed E-state index contributed by atoms with van der Waals surface area (Å²) in [6, 6.07) is 0.482. The number of hydrogen-bond acceptors (Lipinski definition) is 2. The number of hydrogen-bond donors (Lipinski definition) is 1. The second-order valence-corrected chi connectivity index (χ2v) is 11.8. The number of aliphatic carboxylic acids is 1. The molecule has 3 fully saturated rings. The van der Waals surface area contributed by atoms with E-state index >= 15 is 0 Å². The van der Waals surface area contributed by atoms with E-state index in [1.165, 1.54) is 12.0 Å². The summed E-state index contributed by atoms with van der Waals surface area (Å²) in [6.07, 6.45) is 11.4. The number of carboxylic acid groups (broad SMARTS) is 1. The van der Waals surface area contributed by atoms with Crippen LogP contribution in [-0.4, -0.2) is 34.0 Å². The standard InChI is InChI=1S/C27H41NO3/c1-16(2)28(17(3)4)24(29)23-10-9-21-20-8-7-19-15-18(25(30)31)11-13-26(19,5)22(20)12-14-27(21,23)6/h11,15-17,20-23H,7-10,12-14H2,1-6H3,(H,30,31)/t20-,21-,22-,23+,26-,27-/m0/s1. The molecule has 31 heavy (non-hydrogen) atoms. The van der Waals surface area contributed by atoms with Gasteiger partial charge in [0.25, 0.3) is 0 Å². The number of rotatable bonds is 4. The molecule has 4 aliphatic carbocycles. The van der Waals surface area contributed by atoms with Crippen LogP contribution in [-0.2, 0) is 9.59 Å². The fourth-order valence-electron chi connectivity index (χ4n) is 8.26. The minimum atomic E-state index is -0.801. The van der Waals surface area contributed by atoms with Crippen molar-refractivity contribution in [3.05, 3.63) is 23.3 Å². The Morgan fingerprint density at radius 3 is 2.32 bits per heavy atom. The zero-order valence-electron chi connectivity index (χ0n) is 20.3. The predicted octanol–water partition coefficient (Wildman–Crippen LogP) is 5.83. The average molecular weight is 428 g/mol. The first-order valence-corrected chi connectivity index (χ1v) is 12.5. The second kappa shape index (κ2) is 7.78. The maximum atomic E-state index is 13.7. The van der Waals surface area contributed by atoms with Crippen molar-refractivity contribution in [1.29, 1.82) is 0 Å². The molecule has 0 radical (unpaired) electrons. The van der Waals surface area contributed by atoms with Gasteiger partial charge in [0, 0.05) is 18.0 Å². The number of fused-ring (bicyclic) bond motifs is 5. The van der Waals surface area contributed by atoms with Gasteiger partial charge in [-0.3, -0.25) is 4.79 Å². The Morgan fingerprint density at radius 1 is 1.03 bits per heavy atom. The first kappa shape index (κ1) is 22.6. The molecule has 1 amide bonds. The highest BCUT2D eigenvalue weighted by Gasteiger charge is 2.60. The van der Waals surface area contributed by atoms with Gasteiger partial charge < -0.3 is 10.0 Å². The molecule has 0 aromatic rings. The van der Waals surface area contributed by atoms with Crippen LogP contribution in [0.15, 0.2) is 23.3 Å². The van der Waals surface area contributed by atoms with Gasteiger partial charge in [-0.1, -0.05) is 25.5 Å². The van der Waals surface area contributed by atoms with Crippen molar-refractivity contribution in [2.45, 2.75) is 98.6 Å². The number of amides is 1.